The molecule has 128 valence electrons. The summed E-state index contributed by atoms with van der Waals surface area (Å²) in [6.45, 7) is 0.214. The topological polar surface area (TPSA) is 27.7 Å². The molecule has 0 aromatic heterocycles. The van der Waals surface area contributed by atoms with Gasteiger partial charge in [-0.25, -0.2) is 0 Å². The average Bonchev–Trinajstić information content (AvgIpc) is 2.69. The Morgan fingerprint density at radius 3 is 1.88 bits per heavy atom. The van der Waals surface area contributed by atoms with Crippen LogP contribution < -0.4 is 25.4 Å². The molecule has 25 heavy (non-hydrogen) atoms. The van der Waals surface area contributed by atoms with Crippen molar-refractivity contribution in [1.82, 2.24) is 0 Å². The lowest BCUT2D eigenvalue weighted by molar-refractivity contribution is 0.0518. The van der Waals surface area contributed by atoms with E-state index in [0.717, 1.165) is 16.8 Å². The largest absolute Gasteiger partial charge is 0.497 e. The van der Waals surface area contributed by atoms with Crippen LogP contribution in [0.5, 0.6) is 11.5 Å². The van der Waals surface area contributed by atoms with Crippen LogP contribution in [0.1, 0.15) is 0 Å². The lowest BCUT2D eigenvalue weighted by Crippen LogP contribution is -2.22. The summed E-state index contributed by atoms with van der Waals surface area (Å²) in [7, 11) is 2.54. The first-order chi connectivity index (χ1) is 12.3. The molecule has 0 amide bonds. The van der Waals surface area contributed by atoms with Crippen LogP contribution in [0, 0.1) is 0 Å². The van der Waals surface area contributed by atoms with Gasteiger partial charge in [-0.15, -0.1) is 0 Å². The highest BCUT2D eigenvalue weighted by Crippen LogP contribution is 2.37. The minimum Gasteiger partial charge on any atom is -0.497 e. The van der Waals surface area contributed by atoms with Gasteiger partial charge < -0.3 is 14.2 Å². The second-order valence-electron chi connectivity index (χ2n) is 5.39. The van der Waals surface area contributed by atoms with Crippen LogP contribution in [-0.2, 0) is 4.74 Å². The molecule has 4 heteroatoms. The van der Waals surface area contributed by atoms with E-state index in [0.29, 0.717) is 0 Å². The van der Waals surface area contributed by atoms with Gasteiger partial charge in [-0.05, 0) is 36.7 Å². The summed E-state index contributed by atoms with van der Waals surface area (Å²) in [4.78, 5) is 0. The van der Waals surface area contributed by atoms with Crippen molar-refractivity contribution in [2.45, 2.75) is 0 Å². The fraction of sp³-hybridized carbons (Fsp3) is 0.143. The van der Waals surface area contributed by atoms with Gasteiger partial charge in [0.2, 0.25) is 0 Å². The molecule has 0 heterocycles. The molecule has 3 rings (SSSR count). The quantitative estimate of drug-likeness (QED) is 0.482. The molecule has 0 aliphatic rings. The average molecular weight is 352 g/mol. The van der Waals surface area contributed by atoms with Crippen LogP contribution >= 0.6 is 7.92 Å². The molecule has 3 nitrogen and oxygen atoms in total. The van der Waals surface area contributed by atoms with E-state index in [9.17, 15) is 0 Å². The van der Waals surface area contributed by atoms with Crippen molar-refractivity contribution >= 4 is 23.8 Å². The summed E-state index contributed by atoms with van der Waals surface area (Å²) in [5, 5.41) is 3.64. The maximum atomic E-state index is 5.85. The first-order valence-electron chi connectivity index (χ1n) is 8.03. The van der Waals surface area contributed by atoms with E-state index in [4.69, 9.17) is 14.2 Å². The molecular formula is C21H21O3P. The second-order valence-corrected chi connectivity index (χ2v) is 7.58. The summed E-state index contributed by atoms with van der Waals surface area (Å²) in [5.74, 6) is 1.64. The van der Waals surface area contributed by atoms with Crippen molar-refractivity contribution in [2.75, 3.05) is 21.0 Å². The number of ether oxygens (including phenoxy) is 3. The molecule has 0 fully saturated rings. The van der Waals surface area contributed by atoms with Gasteiger partial charge in [0.05, 0.1) is 7.11 Å². The molecule has 3 aromatic carbocycles. The third-order valence-electron chi connectivity index (χ3n) is 3.77. The van der Waals surface area contributed by atoms with Gasteiger partial charge in [-0.2, -0.15) is 0 Å². The highest BCUT2D eigenvalue weighted by Gasteiger charge is 2.21. The molecule has 0 spiro atoms. The van der Waals surface area contributed by atoms with E-state index in [1.165, 1.54) is 10.6 Å². The van der Waals surface area contributed by atoms with E-state index in [-0.39, 0.29) is 6.79 Å². The molecule has 0 bridgehead atoms. The van der Waals surface area contributed by atoms with Crippen molar-refractivity contribution in [3.63, 3.8) is 0 Å². The molecule has 0 unspecified atom stereocenters. The molecule has 0 saturated heterocycles. The van der Waals surface area contributed by atoms with Crippen LogP contribution in [0.4, 0.5) is 0 Å². The van der Waals surface area contributed by atoms with Gasteiger partial charge in [0.25, 0.3) is 0 Å². The molecule has 0 saturated carbocycles. The van der Waals surface area contributed by atoms with Crippen molar-refractivity contribution in [3.8, 4) is 11.5 Å². The van der Waals surface area contributed by atoms with Crippen LogP contribution in [0.3, 0.4) is 0 Å². The normalized spacial score (nSPS) is 10.7. The molecule has 0 aliphatic carbocycles. The number of hydrogen-bond acceptors (Lipinski definition) is 3. The minimum absolute atomic E-state index is 0.214. The van der Waals surface area contributed by atoms with Crippen molar-refractivity contribution in [1.29, 1.82) is 0 Å². The van der Waals surface area contributed by atoms with Crippen LogP contribution in [0.2, 0.25) is 0 Å². The summed E-state index contributed by atoms with van der Waals surface area (Å²) in [6, 6.07) is 27.0. The molecule has 0 radical (unpaired) electrons. The van der Waals surface area contributed by atoms with Gasteiger partial charge in [-0.1, -0.05) is 60.7 Å². The standard InChI is InChI=1S/C21H21O3P/c1-22-16-24-20-14-13-17(23-2)15-21(20)25(18-9-5-3-6-10-18)19-11-7-4-8-12-19/h3-15H,16H2,1-2H3. The molecule has 0 N–H and O–H groups in total. The zero-order valence-corrected chi connectivity index (χ0v) is 15.3. The Morgan fingerprint density at radius 2 is 1.36 bits per heavy atom. The van der Waals surface area contributed by atoms with E-state index in [1.807, 2.05) is 24.3 Å². The highest BCUT2D eigenvalue weighted by molar-refractivity contribution is 7.80. The Hall–Kier alpha value is -2.35. The van der Waals surface area contributed by atoms with Crippen LogP contribution in [0.15, 0.2) is 78.9 Å². The first-order valence-corrected chi connectivity index (χ1v) is 9.37. The lowest BCUT2D eigenvalue weighted by atomic mass is 10.3. The van der Waals surface area contributed by atoms with Crippen LogP contribution in [0.25, 0.3) is 0 Å². The van der Waals surface area contributed by atoms with Gasteiger partial charge in [0, 0.05) is 12.4 Å². The Morgan fingerprint density at radius 1 is 0.760 bits per heavy atom. The lowest BCUT2D eigenvalue weighted by Gasteiger charge is -2.22. The summed E-state index contributed by atoms with van der Waals surface area (Å²) >= 11 is 0. The SMILES string of the molecule is COCOc1ccc(OC)cc1P(c1ccccc1)c1ccccc1. The smallest absolute Gasteiger partial charge is 0.188 e. The van der Waals surface area contributed by atoms with E-state index in [1.54, 1.807) is 14.2 Å². The fourth-order valence-electron chi connectivity index (χ4n) is 2.62. The van der Waals surface area contributed by atoms with E-state index >= 15 is 0 Å². The Kier molecular flexibility index (Phi) is 6.05. The summed E-state index contributed by atoms with van der Waals surface area (Å²) in [5.41, 5.74) is 0. The minimum atomic E-state index is -0.766. The number of rotatable bonds is 7. The van der Waals surface area contributed by atoms with Crippen molar-refractivity contribution < 1.29 is 14.2 Å². The fourth-order valence-corrected chi connectivity index (χ4v) is 5.04. The maximum Gasteiger partial charge on any atom is 0.188 e. The van der Waals surface area contributed by atoms with E-state index < -0.39 is 7.92 Å². The number of hydrogen-bond donors (Lipinski definition) is 0. The molecule has 0 aliphatic heterocycles. The van der Waals surface area contributed by atoms with Crippen molar-refractivity contribution in [3.05, 3.63) is 78.9 Å². The van der Waals surface area contributed by atoms with Crippen molar-refractivity contribution in [2.24, 2.45) is 0 Å². The third kappa shape index (κ3) is 4.19. The summed E-state index contributed by atoms with van der Waals surface area (Å²) in [6.07, 6.45) is 0. The Labute approximate surface area is 149 Å². The third-order valence-corrected chi connectivity index (χ3v) is 6.23. The highest BCUT2D eigenvalue weighted by atomic mass is 31.1. The van der Waals surface area contributed by atoms with Gasteiger partial charge in [0.15, 0.2) is 6.79 Å². The maximum absolute atomic E-state index is 5.85. The monoisotopic (exact) mass is 352 g/mol. The predicted molar refractivity (Wildman–Crippen MR) is 104 cm³/mol. The van der Waals surface area contributed by atoms with Gasteiger partial charge in [0.1, 0.15) is 11.5 Å². The predicted octanol–water partition coefficient (Wildman–Crippen LogP) is 3.44. The summed E-state index contributed by atoms with van der Waals surface area (Å²) < 4.78 is 16.4. The number of benzene rings is 3. The van der Waals surface area contributed by atoms with Gasteiger partial charge >= 0.3 is 0 Å². The zero-order valence-electron chi connectivity index (χ0n) is 14.4. The first kappa shape index (κ1) is 17.5. The molecule has 0 atom stereocenters. The molecular weight excluding hydrogens is 331 g/mol. The van der Waals surface area contributed by atoms with E-state index in [2.05, 4.69) is 54.6 Å². The Bertz CT molecular complexity index is 751. The number of methoxy groups -OCH3 is 2. The zero-order chi connectivity index (χ0) is 17.5. The molecule has 3 aromatic rings. The van der Waals surface area contributed by atoms with Crippen LogP contribution in [-0.4, -0.2) is 21.0 Å². The second kappa shape index (κ2) is 8.66. The Balaban J connectivity index is 2.15. The van der Waals surface area contributed by atoms with Gasteiger partial charge in [-0.3, -0.25) is 0 Å².